The molecular weight excluding hydrogens is 252 g/mol. The van der Waals surface area contributed by atoms with E-state index in [0.717, 1.165) is 21.5 Å². The summed E-state index contributed by atoms with van der Waals surface area (Å²) < 4.78 is 5.35. The first-order valence-corrected chi connectivity index (χ1v) is 6.32. The molecule has 0 saturated heterocycles. The maximum Gasteiger partial charge on any atom is 0.344 e. The van der Waals surface area contributed by atoms with Gasteiger partial charge in [0, 0.05) is 22.2 Å². The van der Waals surface area contributed by atoms with Gasteiger partial charge < -0.3 is 9.52 Å². The fraction of sp³-hybridized carbons (Fsp3) is 0. The molecule has 0 aliphatic rings. The van der Waals surface area contributed by atoms with Gasteiger partial charge in [-0.2, -0.15) is 0 Å². The van der Waals surface area contributed by atoms with E-state index in [2.05, 4.69) is 0 Å². The summed E-state index contributed by atoms with van der Waals surface area (Å²) in [5.41, 5.74) is 0.0210. The quantitative estimate of drug-likeness (QED) is 0.387. The lowest BCUT2D eigenvalue weighted by molar-refractivity contribution is 0.479. The van der Waals surface area contributed by atoms with Crippen molar-refractivity contribution >= 4 is 32.5 Å². The standard InChI is InChI=1S/C17H10O3/c18-14-9-15-16(11-6-2-1-5-10(11)14)12-7-3-4-8-13(12)17(19)20-15/h1-9,18H. The second-order valence-electron chi connectivity index (χ2n) is 4.75. The van der Waals surface area contributed by atoms with E-state index in [1.807, 2.05) is 42.5 Å². The maximum absolute atomic E-state index is 12.0. The summed E-state index contributed by atoms with van der Waals surface area (Å²) in [4.78, 5) is 12.0. The van der Waals surface area contributed by atoms with Crippen molar-refractivity contribution in [2.45, 2.75) is 0 Å². The van der Waals surface area contributed by atoms with Crippen LogP contribution in [0.25, 0.3) is 32.5 Å². The number of hydrogen-bond acceptors (Lipinski definition) is 3. The van der Waals surface area contributed by atoms with Gasteiger partial charge in [0.1, 0.15) is 11.3 Å². The molecule has 1 N–H and O–H groups in total. The number of rotatable bonds is 0. The Balaban J connectivity index is 2.43. The molecule has 0 aliphatic heterocycles. The van der Waals surface area contributed by atoms with Gasteiger partial charge in [-0.15, -0.1) is 0 Å². The van der Waals surface area contributed by atoms with E-state index in [4.69, 9.17) is 4.42 Å². The van der Waals surface area contributed by atoms with Crippen LogP contribution in [-0.4, -0.2) is 5.11 Å². The van der Waals surface area contributed by atoms with E-state index >= 15 is 0 Å². The number of phenolic OH excluding ortho intramolecular Hbond substituents is 1. The summed E-state index contributed by atoms with van der Waals surface area (Å²) in [5, 5.41) is 13.9. The van der Waals surface area contributed by atoms with Crippen molar-refractivity contribution in [3.63, 3.8) is 0 Å². The zero-order valence-corrected chi connectivity index (χ0v) is 10.5. The predicted octanol–water partition coefficient (Wildman–Crippen LogP) is 3.81. The van der Waals surface area contributed by atoms with E-state index in [9.17, 15) is 9.90 Å². The van der Waals surface area contributed by atoms with Crippen molar-refractivity contribution in [1.29, 1.82) is 0 Å². The van der Waals surface area contributed by atoms with Gasteiger partial charge in [-0.3, -0.25) is 0 Å². The van der Waals surface area contributed by atoms with Crippen LogP contribution in [0.2, 0.25) is 0 Å². The monoisotopic (exact) mass is 262 g/mol. The third-order valence-electron chi connectivity index (χ3n) is 3.61. The molecule has 1 aromatic heterocycles. The van der Waals surface area contributed by atoms with Gasteiger partial charge >= 0.3 is 5.63 Å². The van der Waals surface area contributed by atoms with Gasteiger partial charge in [0.15, 0.2) is 0 Å². The molecule has 0 unspecified atom stereocenters. The molecule has 4 rings (SSSR count). The molecule has 3 heteroatoms. The van der Waals surface area contributed by atoms with Gasteiger partial charge in [0.2, 0.25) is 0 Å². The second kappa shape index (κ2) is 3.84. The molecule has 4 aromatic rings. The molecule has 0 amide bonds. The van der Waals surface area contributed by atoms with Crippen LogP contribution in [0.15, 0.2) is 63.8 Å². The minimum atomic E-state index is -0.386. The van der Waals surface area contributed by atoms with Crippen LogP contribution in [0.3, 0.4) is 0 Å². The number of aromatic hydroxyl groups is 1. The molecule has 0 fully saturated rings. The molecule has 3 aromatic carbocycles. The first kappa shape index (κ1) is 11.1. The Bertz CT molecular complexity index is 1030. The SMILES string of the molecule is O=c1oc2cc(O)c3ccccc3c2c2ccccc12. The number of phenols is 1. The Labute approximate surface area is 113 Å². The number of benzene rings is 3. The highest BCUT2D eigenvalue weighted by Crippen LogP contribution is 2.35. The van der Waals surface area contributed by atoms with E-state index in [-0.39, 0.29) is 11.4 Å². The minimum Gasteiger partial charge on any atom is -0.507 e. The Morgan fingerprint density at radius 1 is 0.800 bits per heavy atom. The molecule has 0 radical (unpaired) electrons. The molecule has 1 heterocycles. The average Bonchev–Trinajstić information content (AvgIpc) is 2.47. The third-order valence-corrected chi connectivity index (χ3v) is 3.61. The molecule has 0 saturated carbocycles. The van der Waals surface area contributed by atoms with Crippen LogP contribution in [0.1, 0.15) is 0 Å². The van der Waals surface area contributed by atoms with Crippen molar-refractivity contribution in [3.8, 4) is 5.75 Å². The molecule has 20 heavy (non-hydrogen) atoms. The predicted molar refractivity (Wildman–Crippen MR) is 79.2 cm³/mol. The Hall–Kier alpha value is -2.81. The molecule has 96 valence electrons. The van der Waals surface area contributed by atoms with Crippen molar-refractivity contribution in [3.05, 3.63) is 65.0 Å². The lowest BCUT2D eigenvalue weighted by Gasteiger charge is -2.07. The van der Waals surface area contributed by atoms with Crippen molar-refractivity contribution in [2.24, 2.45) is 0 Å². The smallest absolute Gasteiger partial charge is 0.344 e. The second-order valence-corrected chi connectivity index (χ2v) is 4.75. The van der Waals surface area contributed by atoms with Crippen LogP contribution < -0.4 is 5.63 Å². The Morgan fingerprint density at radius 2 is 1.35 bits per heavy atom. The van der Waals surface area contributed by atoms with Gasteiger partial charge in [0.25, 0.3) is 0 Å². The largest absolute Gasteiger partial charge is 0.507 e. The molecule has 3 nitrogen and oxygen atoms in total. The highest BCUT2D eigenvalue weighted by Gasteiger charge is 2.12. The van der Waals surface area contributed by atoms with Crippen molar-refractivity contribution in [2.75, 3.05) is 0 Å². The molecule has 0 bridgehead atoms. The summed E-state index contributed by atoms with van der Waals surface area (Å²) in [6.45, 7) is 0. The van der Waals surface area contributed by atoms with Crippen molar-refractivity contribution < 1.29 is 9.52 Å². The van der Waals surface area contributed by atoms with Crippen LogP contribution in [-0.2, 0) is 0 Å². The first-order chi connectivity index (χ1) is 9.75. The lowest BCUT2D eigenvalue weighted by Crippen LogP contribution is -1.99. The minimum absolute atomic E-state index is 0.117. The van der Waals surface area contributed by atoms with Crippen LogP contribution in [0, 0.1) is 0 Å². The van der Waals surface area contributed by atoms with Crippen molar-refractivity contribution in [1.82, 2.24) is 0 Å². The van der Waals surface area contributed by atoms with E-state index in [1.54, 1.807) is 6.07 Å². The van der Waals surface area contributed by atoms with E-state index in [0.29, 0.717) is 11.0 Å². The summed E-state index contributed by atoms with van der Waals surface area (Å²) in [6.07, 6.45) is 0. The number of hydrogen-bond donors (Lipinski definition) is 1. The lowest BCUT2D eigenvalue weighted by atomic mass is 10.0. The zero-order chi connectivity index (χ0) is 13.7. The van der Waals surface area contributed by atoms with Gasteiger partial charge in [0.05, 0.1) is 5.39 Å². The normalized spacial score (nSPS) is 11.4. The fourth-order valence-corrected chi connectivity index (χ4v) is 2.72. The van der Waals surface area contributed by atoms with E-state index < -0.39 is 0 Å². The first-order valence-electron chi connectivity index (χ1n) is 6.32. The Morgan fingerprint density at radius 3 is 2.05 bits per heavy atom. The molecule has 0 aliphatic carbocycles. The van der Waals surface area contributed by atoms with Crippen LogP contribution in [0.4, 0.5) is 0 Å². The fourth-order valence-electron chi connectivity index (χ4n) is 2.72. The highest BCUT2D eigenvalue weighted by atomic mass is 16.4. The molecule has 0 atom stereocenters. The molecule has 0 spiro atoms. The van der Waals surface area contributed by atoms with Gasteiger partial charge in [-0.25, -0.2) is 4.79 Å². The van der Waals surface area contributed by atoms with Crippen LogP contribution in [0.5, 0.6) is 5.75 Å². The zero-order valence-electron chi connectivity index (χ0n) is 10.5. The van der Waals surface area contributed by atoms with Gasteiger partial charge in [-0.05, 0) is 11.5 Å². The summed E-state index contributed by atoms with van der Waals surface area (Å²) in [7, 11) is 0. The topological polar surface area (TPSA) is 50.4 Å². The Kier molecular flexibility index (Phi) is 2.12. The molecular formula is C17H10O3. The summed E-state index contributed by atoms with van der Waals surface area (Å²) in [6, 6.07) is 16.4. The maximum atomic E-state index is 12.0. The van der Waals surface area contributed by atoms with E-state index in [1.165, 1.54) is 6.07 Å². The summed E-state index contributed by atoms with van der Waals surface area (Å²) >= 11 is 0. The number of fused-ring (bicyclic) bond motifs is 5. The average molecular weight is 262 g/mol. The summed E-state index contributed by atoms with van der Waals surface area (Å²) in [5.74, 6) is 0.117. The van der Waals surface area contributed by atoms with Crippen LogP contribution >= 0.6 is 0 Å². The third kappa shape index (κ3) is 1.37. The highest BCUT2D eigenvalue weighted by molar-refractivity contribution is 6.19. The van der Waals surface area contributed by atoms with Gasteiger partial charge in [-0.1, -0.05) is 42.5 Å².